The normalized spacial score (nSPS) is 14.8. The molecule has 1 aliphatic rings. The molecule has 3 nitrogen and oxygen atoms in total. The molecule has 0 radical (unpaired) electrons. The van der Waals surface area contributed by atoms with Gasteiger partial charge in [0.2, 0.25) is 0 Å². The van der Waals surface area contributed by atoms with Crippen molar-refractivity contribution < 1.29 is 22.7 Å². The molecule has 0 aliphatic carbocycles. The van der Waals surface area contributed by atoms with E-state index in [-0.39, 0.29) is 12.1 Å². The fraction of sp³-hybridized carbons (Fsp3) is 0.250. The molecule has 0 fully saturated rings. The zero-order valence-electron chi connectivity index (χ0n) is 14.2. The third kappa shape index (κ3) is 3.74. The average Bonchev–Trinajstić information content (AvgIpc) is 2.67. The van der Waals surface area contributed by atoms with Crippen molar-refractivity contribution in [1.29, 1.82) is 0 Å². The molecule has 136 valence electrons. The van der Waals surface area contributed by atoms with Crippen LogP contribution in [0.25, 0.3) is 5.57 Å². The SMILES string of the molecule is COc1ccc(C2=CCN(C(=O)c3ccccc3C(F)(F)F)CC2)cc1. The Morgan fingerprint density at radius 3 is 2.35 bits per heavy atom. The summed E-state index contributed by atoms with van der Waals surface area (Å²) in [7, 11) is 1.59. The maximum absolute atomic E-state index is 13.1. The number of halogens is 3. The first kappa shape index (κ1) is 18.0. The maximum Gasteiger partial charge on any atom is 0.417 e. The van der Waals surface area contributed by atoms with E-state index in [2.05, 4.69) is 0 Å². The molecule has 0 atom stereocenters. The quantitative estimate of drug-likeness (QED) is 0.797. The van der Waals surface area contributed by atoms with Crippen molar-refractivity contribution in [2.45, 2.75) is 12.6 Å². The lowest BCUT2D eigenvalue weighted by Gasteiger charge is -2.27. The van der Waals surface area contributed by atoms with Crippen LogP contribution in [0.3, 0.4) is 0 Å². The van der Waals surface area contributed by atoms with Crippen LogP contribution in [0.15, 0.2) is 54.6 Å². The van der Waals surface area contributed by atoms with E-state index >= 15 is 0 Å². The van der Waals surface area contributed by atoms with E-state index in [0.29, 0.717) is 13.0 Å². The number of rotatable bonds is 3. The summed E-state index contributed by atoms with van der Waals surface area (Å²) in [6.45, 7) is 0.662. The number of carbonyl (C=O) groups is 1. The largest absolute Gasteiger partial charge is 0.497 e. The Morgan fingerprint density at radius 1 is 1.08 bits per heavy atom. The third-order valence-electron chi connectivity index (χ3n) is 4.42. The fourth-order valence-corrected chi connectivity index (χ4v) is 3.01. The molecule has 3 rings (SSSR count). The molecule has 1 heterocycles. The second-order valence-electron chi connectivity index (χ2n) is 6.00. The van der Waals surface area contributed by atoms with Crippen LogP contribution in [0.5, 0.6) is 5.75 Å². The number of carbonyl (C=O) groups excluding carboxylic acids is 1. The van der Waals surface area contributed by atoms with Crippen LogP contribution in [0.1, 0.15) is 27.9 Å². The van der Waals surface area contributed by atoms with E-state index < -0.39 is 17.6 Å². The molecule has 6 heteroatoms. The Bertz CT molecular complexity index is 826. The minimum Gasteiger partial charge on any atom is -0.497 e. The van der Waals surface area contributed by atoms with Crippen molar-refractivity contribution in [1.82, 2.24) is 4.90 Å². The topological polar surface area (TPSA) is 29.5 Å². The smallest absolute Gasteiger partial charge is 0.417 e. The lowest BCUT2D eigenvalue weighted by atomic mass is 9.98. The van der Waals surface area contributed by atoms with Gasteiger partial charge in [0.15, 0.2) is 0 Å². The molecule has 1 aliphatic heterocycles. The molecule has 26 heavy (non-hydrogen) atoms. The summed E-state index contributed by atoms with van der Waals surface area (Å²) >= 11 is 0. The van der Waals surface area contributed by atoms with Gasteiger partial charge in [0.25, 0.3) is 5.91 Å². The van der Waals surface area contributed by atoms with Crippen molar-refractivity contribution in [2.75, 3.05) is 20.2 Å². The highest BCUT2D eigenvalue weighted by Crippen LogP contribution is 2.33. The Balaban J connectivity index is 1.77. The van der Waals surface area contributed by atoms with Crippen molar-refractivity contribution in [3.8, 4) is 5.75 Å². The van der Waals surface area contributed by atoms with Gasteiger partial charge in [-0.2, -0.15) is 13.2 Å². The molecule has 2 aromatic carbocycles. The van der Waals surface area contributed by atoms with E-state index in [9.17, 15) is 18.0 Å². The van der Waals surface area contributed by atoms with Crippen LogP contribution < -0.4 is 4.74 Å². The van der Waals surface area contributed by atoms with E-state index in [1.165, 1.54) is 23.1 Å². The molecule has 0 saturated carbocycles. The molecular weight excluding hydrogens is 343 g/mol. The number of ether oxygens (including phenoxy) is 1. The summed E-state index contributed by atoms with van der Waals surface area (Å²) < 4.78 is 44.5. The summed E-state index contributed by atoms with van der Waals surface area (Å²) in [6.07, 6.45) is -2.07. The Morgan fingerprint density at radius 2 is 1.77 bits per heavy atom. The summed E-state index contributed by atoms with van der Waals surface area (Å²) in [5.74, 6) is 0.161. The molecule has 0 spiro atoms. The molecular formula is C20H18F3NO2. The number of alkyl halides is 3. The van der Waals surface area contributed by atoms with Gasteiger partial charge in [-0.3, -0.25) is 4.79 Å². The van der Waals surface area contributed by atoms with Gasteiger partial charge < -0.3 is 9.64 Å². The van der Waals surface area contributed by atoms with Gasteiger partial charge >= 0.3 is 6.18 Å². The lowest BCUT2D eigenvalue weighted by molar-refractivity contribution is -0.138. The summed E-state index contributed by atoms with van der Waals surface area (Å²) in [5, 5.41) is 0. The van der Waals surface area contributed by atoms with Crippen LogP contribution in [-0.2, 0) is 6.18 Å². The van der Waals surface area contributed by atoms with Crippen molar-refractivity contribution in [3.63, 3.8) is 0 Å². The molecule has 0 unspecified atom stereocenters. The zero-order valence-corrected chi connectivity index (χ0v) is 14.2. The lowest BCUT2D eigenvalue weighted by Crippen LogP contribution is -2.35. The van der Waals surface area contributed by atoms with Gasteiger partial charge in [0.1, 0.15) is 5.75 Å². The average molecular weight is 361 g/mol. The van der Waals surface area contributed by atoms with Gasteiger partial charge in [-0.15, -0.1) is 0 Å². The van der Waals surface area contributed by atoms with E-state index in [1.54, 1.807) is 7.11 Å². The number of benzene rings is 2. The molecule has 0 N–H and O–H groups in total. The Hall–Kier alpha value is -2.76. The van der Waals surface area contributed by atoms with Gasteiger partial charge in [-0.1, -0.05) is 30.3 Å². The highest BCUT2D eigenvalue weighted by molar-refractivity contribution is 5.96. The first-order chi connectivity index (χ1) is 12.4. The second-order valence-corrected chi connectivity index (χ2v) is 6.00. The first-order valence-corrected chi connectivity index (χ1v) is 8.19. The minimum absolute atomic E-state index is 0.284. The monoisotopic (exact) mass is 361 g/mol. The van der Waals surface area contributed by atoms with Gasteiger partial charge in [-0.05, 0) is 41.8 Å². The van der Waals surface area contributed by atoms with Crippen molar-refractivity contribution in [3.05, 3.63) is 71.3 Å². The van der Waals surface area contributed by atoms with Crippen molar-refractivity contribution in [2.24, 2.45) is 0 Å². The van der Waals surface area contributed by atoms with Gasteiger partial charge in [-0.25, -0.2) is 0 Å². The summed E-state index contributed by atoms with van der Waals surface area (Å²) in [6, 6.07) is 12.5. The molecule has 0 bridgehead atoms. The minimum atomic E-state index is -4.55. The first-order valence-electron chi connectivity index (χ1n) is 8.19. The zero-order chi connectivity index (χ0) is 18.7. The number of hydrogen-bond donors (Lipinski definition) is 0. The third-order valence-corrected chi connectivity index (χ3v) is 4.42. The van der Waals surface area contributed by atoms with Crippen LogP contribution in [0, 0.1) is 0 Å². The number of hydrogen-bond acceptors (Lipinski definition) is 2. The van der Waals surface area contributed by atoms with Crippen molar-refractivity contribution >= 4 is 11.5 Å². The molecule has 2 aromatic rings. The van der Waals surface area contributed by atoms with E-state index in [4.69, 9.17) is 4.74 Å². The van der Waals surface area contributed by atoms with Gasteiger partial charge in [0.05, 0.1) is 18.2 Å². The molecule has 1 amide bonds. The van der Waals surface area contributed by atoms with Gasteiger partial charge in [0, 0.05) is 13.1 Å². The number of amides is 1. The second kappa shape index (κ2) is 7.23. The number of nitrogens with zero attached hydrogens (tertiary/aromatic N) is 1. The highest BCUT2D eigenvalue weighted by atomic mass is 19.4. The Kier molecular flexibility index (Phi) is 5.02. The number of methoxy groups -OCH3 is 1. The fourth-order valence-electron chi connectivity index (χ4n) is 3.01. The van der Waals surface area contributed by atoms with E-state index in [1.807, 2.05) is 30.3 Å². The van der Waals surface area contributed by atoms with Crippen LogP contribution in [0.4, 0.5) is 13.2 Å². The summed E-state index contributed by atoms with van der Waals surface area (Å²) in [5.41, 5.74) is 0.894. The predicted octanol–water partition coefficient (Wildman–Crippen LogP) is 4.64. The van der Waals surface area contributed by atoms with Crippen LogP contribution >= 0.6 is 0 Å². The van der Waals surface area contributed by atoms with E-state index in [0.717, 1.165) is 23.0 Å². The summed E-state index contributed by atoms with van der Waals surface area (Å²) in [4.78, 5) is 14.0. The Labute approximate surface area is 149 Å². The molecule has 0 saturated heterocycles. The highest BCUT2D eigenvalue weighted by Gasteiger charge is 2.36. The maximum atomic E-state index is 13.1. The van der Waals surface area contributed by atoms with Crippen LogP contribution in [-0.4, -0.2) is 31.0 Å². The van der Waals surface area contributed by atoms with Crippen LogP contribution in [0.2, 0.25) is 0 Å². The predicted molar refractivity (Wildman–Crippen MR) is 92.9 cm³/mol. The standard InChI is InChI=1S/C20H18F3NO2/c1-26-16-8-6-14(7-9-16)15-10-12-24(13-11-15)19(25)17-4-2-3-5-18(17)20(21,22)23/h2-10H,11-13H2,1H3. The molecule has 0 aromatic heterocycles.